The molecule has 1 aromatic rings. The number of halogens is 2. The number of hydrogen-bond donors (Lipinski definition) is 2. The topological polar surface area (TPSA) is 75.4 Å². The van der Waals surface area contributed by atoms with E-state index in [2.05, 4.69) is 5.32 Å². The minimum absolute atomic E-state index is 0.0133. The molecule has 1 saturated carbocycles. The highest BCUT2D eigenvalue weighted by Gasteiger charge is 2.35. The molecule has 5 nitrogen and oxygen atoms in total. The molecule has 0 spiro atoms. The van der Waals surface area contributed by atoms with Crippen LogP contribution in [0.4, 0.5) is 5.69 Å². The van der Waals surface area contributed by atoms with Gasteiger partial charge in [-0.15, -0.1) is 0 Å². The number of rotatable bonds is 7. The summed E-state index contributed by atoms with van der Waals surface area (Å²) in [7, 11) is 0. The van der Waals surface area contributed by atoms with Gasteiger partial charge < -0.3 is 16.0 Å². The molecule has 2 amide bonds. The maximum absolute atomic E-state index is 12.9. The molecule has 2 atom stereocenters. The fraction of sp³-hybridized carbons (Fsp3) is 0.556. The van der Waals surface area contributed by atoms with Crippen molar-refractivity contribution in [2.24, 2.45) is 17.6 Å². The van der Waals surface area contributed by atoms with Crippen LogP contribution >= 0.6 is 23.2 Å². The molecule has 7 heteroatoms. The highest BCUT2D eigenvalue weighted by atomic mass is 35.5. The van der Waals surface area contributed by atoms with Crippen molar-refractivity contribution >= 4 is 40.7 Å². The number of benzene rings is 1. The van der Waals surface area contributed by atoms with Crippen LogP contribution in [-0.4, -0.2) is 36.3 Å². The maximum Gasteiger partial charge on any atom is 0.244 e. The summed E-state index contributed by atoms with van der Waals surface area (Å²) in [5, 5.41) is 3.62. The Hall–Kier alpha value is -1.30. The van der Waals surface area contributed by atoms with Crippen LogP contribution < -0.4 is 11.1 Å². The zero-order valence-corrected chi connectivity index (χ0v) is 15.9. The van der Waals surface area contributed by atoms with Gasteiger partial charge in [-0.3, -0.25) is 9.59 Å². The van der Waals surface area contributed by atoms with Crippen LogP contribution in [0.25, 0.3) is 0 Å². The number of carbonyl (C=O) groups excluding carboxylic acids is 2. The summed E-state index contributed by atoms with van der Waals surface area (Å²) in [5.74, 6) is -0.0791. The van der Waals surface area contributed by atoms with Gasteiger partial charge in [-0.25, -0.2) is 0 Å². The quantitative estimate of drug-likeness (QED) is 0.753. The van der Waals surface area contributed by atoms with Gasteiger partial charge in [0.25, 0.3) is 0 Å². The van der Waals surface area contributed by atoms with Crippen molar-refractivity contribution in [3.8, 4) is 0 Å². The molecule has 1 aliphatic carbocycles. The summed E-state index contributed by atoms with van der Waals surface area (Å²) in [6.45, 7) is 3.07. The molecule has 1 fully saturated rings. The highest BCUT2D eigenvalue weighted by molar-refractivity contribution is 6.36. The predicted octanol–water partition coefficient (Wildman–Crippen LogP) is 3.55. The van der Waals surface area contributed by atoms with Crippen LogP contribution in [0.15, 0.2) is 18.2 Å². The number of nitrogens with zero attached hydrogens (tertiary/aromatic N) is 1. The van der Waals surface area contributed by atoms with E-state index in [4.69, 9.17) is 28.9 Å². The normalized spacial score (nSPS) is 19.7. The molecule has 0 saturated heterocycles. The Kier molecular flexibility index (Phi) is 7.54. The first-order chi connectivity index (χ1) is 12.0. The van der Waals surface area contributed by atoms with E-state index >= 15 is 0 Å². The van der Waals surface area contributed by atoms with Gasteiger partial charge in [0.15, 0.2) is 0 Å². The van der Waals surface area contributed by atoms with Crippen molar-refractivity contribution in [2.75, 3.05) is 25.0 Å². The Morgan fingerprint density at radius 1 is 1.32 bits per heavy atom. The molecule has 25 heavy (non-hydrogen) atoms. The number of nitrogens with two attached hydrogens (primary N) is 1. The van der Waals surface area contributed by atoms with E-state index < -0.39 is 0 Å². The SMILES string of the molecule is CCCN(CC(=O)Nc1ccc(Cl)cc1Cl)C(=O)[C@@H]1CCC[C@@H]1CN. The van der Waals surface area contributed by atoms with Gasteiger partial charge in [-0.05, 0) is 49.9 Å². The van der Waals surface area contributed by atoms with E-state index in [-0.39, 0.29) is 30.2 Å². The third kappa shape index (κ3) is 5.33. The molecule has 0 heterocycles. The lowest BCUT2D eigenvalue weighted by molar-refractivity contribution is -0.139. The van der Waals surface area contributed by atoms with Crippen LogP contribution in [0, 0.1) is 11.8 Å². The van der Waals surface area contributed by atoms with Crippen LogP contribution in [0.2, 0.25) is 10.0 Å². The number of amides is 2. The van der Waals surface area contributed by atoms with E-state index in [1.807, 2.05) is 6.92 Å². The van der Waals surface area contributed by atoms with Crippen LogP contribution in [0.3, 0.4) is 0 Å². The number of carbonyl (C=O) groups is 2. The number of hydrogen-bond acceptors (Lipinski definition) is 3. The second kappa shape index (κ2) is 9.41. The van der Waals surface area contributed by atoms with E-state index in [0.29, 0.717) is 28.8 Å². The predicted molar refractivity (Wildman–Crippen MR) is 102 cm³/mol. The van der Waals surface area contributed by atoms with Crippen molar-refractivity contribution in [1.82, 2.24) is 4.90 Å². The molecule has 2 rings (SSSR count). The smallest absolute Gasteiger partial charge is 0.244 e. The highest BCUT2D eigenvalue weighted by Crippen LogP contribution is 2.32. The zero-order valence-electron chi connectivity index (χ0n) is 14.4. The van der Waals surface area contributed by atoms with Gasteiger partial charge in [-0.1, -0.05) is 36.5 Å². The summed E-state index contributed by atoms with van der Waals surface area (Å²) in [4.78, 5) is 26.9. The number of anilines is 1. The third-order valence-corrected chi connectivity index (χ3v) is 5.17. The molecule has 0 bridgehead atoms. The van der Waals surface area contributed by atoms with Crippen molar-refractivity contribution in [3.63, 3.8) is 0 Å². The molecule has 0 unspecified atom stereocenters. The van der Waals surface area contributed by atoms with Gasteiger partial charge in [0.2, 0.25) is 11.8 Å². The molecule has 0 radical (unpaired) electrons. The lowest BCUT2D eigenvalue weighted by Crippen LogP contribution is -2.43. The second-order valence-corrected chi connectivity index (χ2v) is 7.31. The zero-order chi connectivity index (χ0) is 18.4. The summed E-state index contributed by atoms with van der Waals surface area (Å²) in [6.07, 6.45) is 3.65. The Morgan fingerprint density at radius 3 is 2.72 bits per heavy atom. The molecular formula is C18H25Cl2N3O2. The van der Waals surface area contributed by atoms with Gasteiger partial charge >= 0.3 is 0 Å². The Balaban J connectivity index is 2.02. The molecule has 0 aromatic heterocycles. The first-order valence-corrected chi connectivity index (χ1v) is 9.45. The summed E-state index contributed by atoms with van der Waals surface area (Å²) in [6, 6.07) is 4.87. The standard InChI is InChI=1S/C18H25Cl2N3O2/c1-2-8-23(18(25)14-5-3-4-12(14)10-21)11-17(24)22-16-7-6-13(19)9-15(16)20/h6-7,9,12,14H,2-5,8,10-11,21H2,1H3,(H,22,24)/t12-,14-/m1/s1. The lowest BCUT2D eigenvalue weighted by Gasteiger charge is -2.27. The Bertz CT molecular complexity index is 624. The Morgan fingerprint density at radius 2 is 2.08 bits per heavy atom. The molecular weight excluding hydrogens is 361 g/mol. The van der Waals surface area contributed by atoms with Gasteiger partial charge in [0.1, 0.15) is 0 Å². The third-order valence-electron chi connectivity index (χ3n) is 4.62. The Labute approximate surface area is 158 Å². The lowest BCUT2D eigenvalue weighted by atomic mass is 9.94. The van der Waals surface area contributed by atoms with E-state index in [1.165, 1.54) is 0 Å². The van der Waals surface area contributed by atoms with Gasteiger partial charge in [0.05, 0.1) is 17.3 Å². The fourth-order valence-electron chi connectivity index (χ4n) is 3.37. The van der Waals surface area contributed by atoms with Crippen molar-refractivity contribution in [2.45, 2.75) is 32.6 Å². The van der Waals surface area contributed by atoms with E-state index in [9.17, 15) is 9.59 Å². The average molecular weight is 386 g/mol. The van der Waals surface area contributed by atoms with E-state index in [1.54, 1.807) is 23.1 Å². The molecule has 0 aliphatic heterocycles. The second-order valence-electron chi connectivity index (χ2n) is 6.47. The maximum atomic E-state index is 12.9. The summed E-state index contributed by atoms with van der Waals surface area (Å²) >= 11 is 11.9. The van der Waals surface area contributed by atoms with E-state index in [0.717, 1.165) is 25.7 Å². The van der Waals surface area contributed by atoms with Crippen LogP contribution in [0.1, 0.15) is 32.6 Å². The minimum atomic E-state index is -0.270. The largest absolute Gasteiger partial charge is 0.333 e. The number of nitrogens with one attached hydrogen (secondary N) is 1. The first-order valence-electron chi connectivity index (χ1n) is 8.70. The van der Waals surface area contributed by atoms with Crippen molar-refractivity contribution in [3.05, 3.63) is 28.2 Å². The minimum Gasteiger partial charge on any atom is -0.333 e. The molecule has 1 aromatic carbocycles. The first kappa shape index (κ1) is 20.0. The van der Waals surface area contributed by atoms with Gasteiger partial charge in [0, 0.05) is 17.5 Å². The summed E-state index contributed by atoms with van der Waals surface area (Å²) in [5.41, 5.74) is 6.28. The van der Waals surface area contributed by atoms with Crippen LogP contribution in [-0.2, 0) is 9.59 Å². The molecule has 138 valence electrons. The van der Waals surface area contributed by atoms with Crippen molar-refractivity contribution in [1.29, 1.82) is 0 Å². The van der Waals surface area contributed by atoms with Crippen molar-refractivity contribution < 1.29 is 9.59 Å². The van der Waals surface area contributed by atoms with Gasteiger partial charge in [-0.2, -0.15) is 0 Å². The summed E-state index contributed by atoms with van der Waals surface area (Å²) < 4.78 is 0. The molecule has 1 aliphatic rings. The fourth-order valence-corrected chi connectivity index (χ4v) is 3.83. The average Bonchev–Trinajstić information content (AvgIpc) is 3.05. The monoisotopic (exact) mass is 385 g/mol. The molecule has 3 N–H and O–H groups in total. The van der Waals surface area contributed by atoms with Crippen LogP contribution in [0.5, 0.6) is 0 Å².